The average Bonchev–Trinajstić information content (AvgIpc) is 2.75. The van der Waals surface area contributed by atoms with Crippen LogP contribution in [-0.4, -0.2) is 26.6 Å². The van der Waals surface area contributed by atoms with Crippen LogP contribution in [0.2, 0.25) is 0 Å². The molecule has 0 aliphatic rings. The fraction of sp³-hybridized carbons (Fsp3) is 0.182. The first-order valence-electron chi connectivity index (χ1n) is 5.01. The van der Waals surface area contributed by atoms with Crippen LogP contribution >= 0.6 is 11.6 Å². The zero-order valence-corrected chi connectivity index (χ0v) is 9.98. The Balaban J connectivity index is 2.29. The van der Waals surface area contributed by atoms with E-state index < -0.39 is 0 Å². The third-order valence-electron chi connectivity index (χ3n) is 2.24. The molecule has 2 rings (SSSR count). The summed E-state index contributed by atoms with van der Waals surface area (Å²) < 4.78 is 1.81. The van der Waals surface area contributed by atoms with E-state index in [1.807, 2.05) is 29.8 Å². The van der Waals surface area contributed by atoms with E-state index in [0.717, 1.165) is 11.4 Å². The summed E-state index contributed by atoms with van der Waals surface area (Å²) in [6, 6.07) is 7.37. The zero-order valence-electron chi connectivity index (χ0n) is 9.22. The SMILES string of the molecule is Cn1cnnc1-c1cccc(NC(=O)CCl)c1. The van der Waals surface area contributed by atoms with Gasteiger partial charge in [-0.25, -0.2) is 0 Å². The predicted octanol–water partition coefficient (Wildman–Crippen LogP) is 1.66. The second-order valence-electron chi connectivity index (χ2n) is 3.53. The Hall–Kier alpha value is -1.88. The first-order valence-corrected chi connectivity index (χ1v) is 5.54. The van der Waals surface area contributed by atoms with Crippen molar-refractivity contribution in [2.45, 2.75) is 0 Å². The van der Waals surface area contributed by atoms with Gasteiger partial charge in [0.15, 0.2) is 5.82 Å². The number of hydrogen-bond acceptors (Lipinski definition) is 3. The molecule has 0 saturated heterocycles. The molecular weight excluding hydrogens is 240 g/mol. The van der Waals surface area contributed by atoms with Crippen LogP contribution in [0.5, 0.6) is 0 Å². The highest BCUT2D eigenvalue weighted by Crippen LogP contribution is 2.19. The van der Waals surface area contributed by atoms with Crippen molar-refractivity contribution >= 4 is 23.2 Å². The lowest BCUT2D eigenvalue weighted by atomic mass is 10.2. The second kappa shape index (κ2) is 4.97. The molecule has 0 aliphatic carbocycles. The lowest BCUT2D eigenvalue weighted by molar-refractivity contribution is -0.113. The molecule has 1 N–H and O–H groups in total. The molecule has 0 aliphatic heterocycles. The summed E-state index contributed by atoms with van der Waals surface area (Å²) in [6.45, 7) is 0. The van der Waals surface area contributed by atoms with Gasteiger partial charge < -0.3 is 9.88 Å². The van der Waals surface area contributed by atoms with Crippen molar-refractivity contribution in [2.24, 2.45) is 7.05 Å². The Bertz CT molecular complexity index is 538. The van der Waals surface area contributed by atoms with Crippen LogP contribution < -0.4 is 5.32 Å². The number of aromatic nitrogens is 3. The largest absolute Gasteiger partial charge is 0.325 e. The molecular formula is C11H11ClN4O. The monoisotopic (exact) mass is 250 g/mol. The maximum atomic E-state index is 11.2. The highest BCUT2D eigenvalue weighted by molar-refractivity contribution is 6.29. The van der Waals surface area contributed by atoms with Gasteiger partial charge in [0.1, 0.15) is 12.2 Å². The van der Waals surface area contributed by atoms with Gasteiger partial charge in [-0.2, -0.15) is 0 Å². The Labute approximate surface area is 103 Å². The van der Waals surface area contributed by atoms with Crippen molar-refractivity contribution in [3.05, 3.63) is 30.6 Å². The highest BCUT2D eigenvalue weighted by Gasteiger charge is 2.06. The summed E-state index contributed by atoms with van der Waals surface area (Å²) in [5.41, 5.74) is 1.58. The molecule has 5 nitrogen and oxygen atoms in total. The second-order valence-corrected chi connectivity index (χ2v) is 3.80. The molecule has 1 heterocycles. The molecule has 0 unspecified atom stereocenters. The number of nitrogens with one attached hydrogen (secondary N) is 1. The van der Waals surface area contributed by atoms with Gasteiger partial charge in [0.05, 0.1) is 0 Å². The molecule has 0 atom stereocenters. The van der Waals surface area contributed by atoms with E-state index >= 15 is 0 Å². The molecule has 17 heavy (non-hydrogen) atoms. The summed E-state index contributed by atoms with van der Waals surface area (Å²) in [4.78, 5) is 11.2. The third-order valence-corrected chi connectivity index (χ3v) is 2.48. The minimum atomic E-state index is -0.234. The number of carbonyl (C=O) groups excluding carboxylic acids is 1. The number of rotatable bonds is 3. The Kier molecular flexibility index (Phi) is 3.39. The highest BCUT2D eigenvalue weighted by atomic mass is 35.5. The summed E-state index contributed by atoms with van der Waals surface area (Å²) in [5.74, 6) is 0.447. The van der Waals surface area contributed by atoms with Crippen molar-refractivity contribution in [2.75, 3.05) is 11.2 Å². The lowest BCUT2D eigenvalue weighted by Crippen LogP contribution is -2.12. The van der Waals surface area contributed by atoms with Crippen molar-refractivity contribution in [1.82, 2.24) is 14.8 Å². The number of anilines is 1. The Morgan fingerprint density at radius 2 is 2.35 bits per heavy atom. The first-order chi connectivity index (χ1) is 8.20. The van der Waals surface area contributed by atoms with Gasteiger partial charge in [0.25, 0.3) is 0 Å². The zero-order chi connectivity index (χ0) is 12.3. The van der Waals surface area contributed by atoms with Crippen LogP contribution in [0.15, 0.2) is 30.6 Å². The van der Waals surface area contributed by atoms with Gasteiger partial charge in [0.2, 0.25) is 5.91 Å². The van der Waals surface area contributed by atoms with Crippen LogP contribution in [0.3, 0.4) is 0 Å². The quantitative estimate of drug-likeness (QED) is 0.843. The molecule has 2 aromatic rings. The smallest absolute Gasteiger partial charge is 0.239 e. The Morgan fingerprint density at radius 3 is 3.00 bits per heavy atom. The van der Waals surface area contributed by atoms with E-state index in [1.165, 1.54) is 0 Å². The lowest BCUT2D eigenvalue weighted by Gasteiger charge is -2.05. The van der Waals surface area contributed by atoms with Gasteiger partial charge >= 0.3 is 0 Å². The number of amides is 1. The number of carbonyl (C=O) groups is 1. The maximum Gasteiger partial charge on any atom is 0.239 e. The standard InChI is InChI=1S/C11H11ClN4O/c1-16-7-13-15-11(16)8-3-2-4-9(5-8)14-10(17)6-12/h2-5,7H,6H2,1H3,(H,14,17). The summed E-state index contributed by atoms with van der Waals surface area (Å²) in [5, 5.41) is 10.5. The Morgan fingerprint density at radius 1 is 1.53 bits per heavy atom. The molecule has 1 aromatic carbocycles. The number of nitrogens with zero attached hydrogens (tertiary/aromatic N) is 3. The first kappa shape index (κ1) is 11.6. The number of alkyl halides is 1. The van der Waals surface area contributed by atoms with Crippen LogP contribution in [0.1, 0.15) is 0 Å². The molecule has 0 bridgehead atoms. The fourth-order valence-electron chi connectivity index (χ4n) is 1.48. The molecule has 0 fully saturated rings. The number of benzene rings is 1. The van der Waals surface area contributed by atoms with Crippen LogP contribution in [0.4, 0.5) is 5.69 Å². The fourth-order valence-corrected chi connectivity index (χ4v) is 1.54. The molecule has 0 radical (unpaired) electrons. The molecule has 0 saturated carbocycles. The predicted molar refractivity (Wildman–Crippen MR) is 65.8 cm³/mol. The van der Waals surface area contributed by atoms with E-state index in [0.29, 0.717) is 5.69 Å². The van der Waals surface area contributed by atoms with Crippen molar-refractivity contribution < 1.29 is 4.79 Å². The molecule has 0 spiro atoms. The maximum absolute atomic E-state index is 11.2. The van der Waals surface area contributed by atoms with Crippen molar-refractivity contribution in [3.63, 3.8) is 0 Å². The average molecular weight is 251 g/mol. The van der Waals surface area contributed by atoms with Gasteiger partial charge in [-0.15, -0.1) is 21.8 Å². The van der Waals surface area contributed by atoms with E-state index in [-0.39, 0.29) is 11.8 Å². The molecule has 1 aromatic heterocycles. The van der Waals surface area contributed by atoms with E-state index in [4.69, 9.17) is 11.6 Å². The normalized spacial score (nSPS) is 10.2. The third kappa shape index (κ3) is 2.62. The van der Waals surface area contributed by atoms with Crippen LogP contribution in [0.25, 0.3) is 11.4 Å². The van der Waals surface area contributed by atoms with Crippen molar-refractivity contribution in [3.8, 4) is 11.4 Å². The summed E-state index contributed by atoms with van der Waals surface area (Å²) in [7, 11) is 1.86. The van der Waals surface area contributed by atoms with E-state index in [9.17, 15) is 4.79 Å². The minimum absolute atomic E-state index is 0.0613. The summed E-state index contributed by atoms with van der Waals surface area (Å²) in [6.07, 6.45) is 1.62. The van der Waals surface area contributed by atoms with E-state index in [1.54, 1.807) is 12.4 Å². The molecule has 88 valence electrons. The molecule has 6 heteroatoms. The number of hydrogen-bond donors (Lipinski definition) is 1. The van der Waals surface area contributed by atoms with Crippen LogP contribution in [-0.2, 0) is 11.8 Å². The number of aryl methyl sites for hydroxylation is 1. The van der Waals surface area contributed by atoms with Gasteiger partial charge in [-0.05, 0) is 12.1 Å². The summed E-state index contributed by atoms with van der Waals surface area (Å²) >= 11 is 5.43. The van der Waals surface area contributed by atoms with Gasteiger partial charge in [-0.3, -0.25) is 4.79 Å². The van der Waals surface area contributed by atoms with Crippen molar-refractivity contribution in [1.29, 1.82) is 0 Å². The van der Waals surface area contributed by atoms with Gasteiger partial charge in [0, 0.05) is 18.3 Å². The number of halogens is 1. The molecule has 1 amide bonds. The van der Waals surface area contributed by atoms with Crippen LogP contribution in [0, 0.1) is 0 Å². The van der Waals surface area contributed by atoms with E-state index in [2.05, 4.69) is 15.5 Å². The minimum Gasteiger partial charge on any atom is -0.325 e. The topological polar surface area (TPSA) is 59.8 Å². The van der Waals surface area contributed by atoms with Gasteiger partial charge in [-0.1, -0.05) is 12.1 Å².